The number of halogens is 3. The predicted molar refractivity (Wildman–Crippen MR) is 97.9 cm³/mol. The number of anilines is 1. The fourth-order valence-electron chi connectivity index (χ4n) is 1.96. The van der Waals surface area contributed by atoms with E-state index in [4.69, 9.17) is 9.90 Å². The first-order valence-electron chi connectivity index (χ1n) is 8.40. The maximum Gasteiger partial charge on any atom is 0.490 e. The van der Waals surface area contributed by atoms with Gasteiger partial charge in [-0.2, -0.15) is 18.3 Å². The van der Waals surface area contributed by atoms with E-state index in [1.807, 2.05) is 61.4 Å². The molecule has 0 saturated heterocycles. The SMILES string of the molecule is CN(C)CCn1ccc(NC(=O)CCc2ccccc2)n1.O=C(O)C(F)(F)F. The number of alkyl halides is 3. The van der Waals surface area contributed by atoms with Crippen LogP contribution < -0.4 is 5.32 Å². The van der Waals surface area contributed by atoms with E-state index < -0.39 is 12.1 Å². The van der Waals surface area contributed by atoms with E-state index in [0.717, 1.165) is 19.5 Å². The average Bonchev–Trinajstić information content (AvgIpc) is 3.06. The molecule has 1 aromatic heterocycles. The molecule has 0 unspecified atom stereocenters. The molecule has 2 aromatic rings. The van der Waals surface area contributed by atoms with Crippen molar-refractivity contribution in [1.29, 1.82) is 0 Å². The summed E-state index contributed by atoms with van der Waals surface area (Å²) < 4.78 is 33.6. The number of carbonyl (C=O) groups is 2. The lowest BCUT2D eigenvalue weighted by atomic mass is 10.1. The number of benzene rings is 1. The second kappa shape index (κ2) is 11.1. The molecule has 154 valence electrons. The molecule has 28 heavy (non-hydrogen) atoms. The van der Waals surface area contributed by atoms with E-state index in [0.29, 0.717) is 12.2 Å². The van der Waals surface area contributed by atoms with Crippen molar-refractivity contribution in [3.05, 3.63) is 48.2 Å². The van der Waals surface area contributed by atoms with Crippen LogP contribution in [0.3, 0.4) is 0 Å². The van der Waals surface area contributed by atoms with E-state index in [1.165, 1.54) is 5.56 Å². The van der Waals surface area contributed by atoms with Crippen LogP contribution in [0.5, 0.6) is 0 Å². The lowest BCUT2D eigenvalue weighted by Gasteiger charge is -2.08. The van der Waals surface area contributed by atoms with Gasteiger partial charge in [0, 0.05) is 25.2 Å². The summed E-state index contributed by atoms with van der Waals surface area (Å²) >= 11 is 0. The van der Waals surface area contributed by atoms with Gasteiger partial charge in [0.15, 0.2) is 5.82 Å². The number of amides is 1. The molecular weight excluding hydrogens is 377 g/mol. The van der Waals surface area contributed by atoms with Crippen LogP contribution in [0.25, 0.3) is 0 Å². The Morgan fingerprint density at radius 3 is 2.32 bits per heavy atom. The number of hydrogen-bond acceptors (Lipinski definition) is 4. The summed E-state index contributed by atoms with van der Waals surface area (Å²) in [6, 6.07) is 11.8. The number of likely N-dealkylation sites (N-methyl/N-ethyl adjacent to an activating group) is 1. The molecule has 1 heterocycles. The first-order valence-corrected chi connectivity index (χ1v) is 8.40. The smallest absolute Gasteiger partial charge is 0.475 e. The van der Waals surface area contributed by atoms with Crippen LogP contribution in [-0.2, 0) is 22.6 Å². The highest BCUT2D eigenvalue weighted by Crippen LogP contribution is 2.13. The Bertz CT molecular complexity index is 746. The number of aryl methyl sites for hydroxylation is 1. The highest BCUT2D eigenvalue weighted by atomic mass is 19.4. The molecule has 1 aromatic carbocycles. The number of hydrogen-bond donors (Lipinski definition) is 2. The molecule has 0 aliphatic heterocycles. The Kier molecular flexibility index (Phi) is 9.16. The minimum Gasteiger partial charge on any atom is -0.475 e. The largest absolute Gasteiger partial charge is 0.490 e. The Balaban J connectivity index is 0.000000480. The number of nitrogens with one attached hydrogen (secondary N) is 1. The van der Waals surface area contributed by atoms with Crippen molar-refractivity contribution in [2.24, 2.45) is 0 Å². The molecule has 0 radical (unpaired) electrons. The lowest BCUT2D eigenvalue weighted by Crippen LogP contribution is -2.21. The number of rotatable bonds is 7. The van der Waals surface area contributed by atoms with Gasteiger partial charge in [-0.3, -0.25) is 9.48 Å². The average molecular weight is 400 g/mol. The second-order valence-corrected chi connectivity index (χ2v) is 6.10. The van der Waals surface area contributed by atoms with Gasteiger partial charge in [0.25, 0.3) is 0 Å². The fourth-order valence-corrected chi connectivity index (χ4v) is 1.96. The summed E-state index contributed by atoms with van der Waals surface area (Å²) in [6.07, 6.45) is -1.99. The Morgan fingerprint density at radius 1 is 1.18 bits per heavy atom. The minimum absolute atomic E-state index is 0.00304. The van der Waals surface area contributed by atoms with Gasteiger partial charge in [-0.25, -0.2) is 4.79 Å². The Labute approximate surface area is 160 Å². The normalized spacial score (nSPS) is 10.9. The highest BCUT2D eigenvalue weighted by molar-refractivity contribution is 5.89. The Hall–Kier alpha value is -2.88. The van der Waals surface area contributed by atoms with Crippen LogP contribution in [0, 0.1) is 0 Å². The number of aromatic nitrogens is 2. The molecule has 0 bridgehead atoms. The molecule has 7 nitrogen and oxygen atoms in total. The van der Waals surface area contributed by atoms with Gasteiger partial charge in [-0.05, 0) is 26.1 Å². The zero-order valence-corrected chi connectivity index (χ0v) is 15.6. The van der Waals surface area contributed by atoms with Gasteiger partial charge < -0.3 is 15.3 Å². The van der Waals surface area contributed by atoms with Crippen LogP contribution in [0.15, 0.2) is 42.6 Å². The fraction of sp³-hybridized carbons (Fsp3) is 0.389. The molecule has 0 aliphatic carbocycles. The third-order valence-electron chi connectivity index (χ3n) is 3.41. The van der Waals surface area contributed by atoms with Gasteiger partial charge in [0.05, 0.1) is 6.54 Å². The van der Waals surface area contributed by atoms with Crippen molar-refractivity contribution in [3.63, 3.8) is 0 Å². The summed E-state index contributed by atoms with van der Waals surface area (Å²) in [4.78, 5) is 22.9. The second-order valence-electron chi connectivity index (χ2n) is 6.10. The van der Waals surface area contributed by atoms with Crippen molar-refractivity contribution < 1.29 is 27.9 Å². The van der Waals surface area contributed by atoms with Crippen molar-refractivity contribution in [2.75, 3.05) is 26.0 Å². The first kappa shape index (κ1) is 23.2. The zero-order chi connectivity index (χ0) is 21.2. The van der Waals surface area contributed by atoms with E-state index in [9.17, 15) is 18.0 Å². The number of carbonyl (C=O) groups excluding carboxylic acids is 1. The van der Waals surface area contributed by atoms with E-state index >= 15 is 0 Å². The monoisotopic (exact) mass is 400 g/mol. The van der Waals surface area contributed by atoms with E-state index in [2.05, 4.69) is 15.3 Å². The van der Waals surface area contributed by atoms with E-state index in [-0.39, 0.29) is 5.91 Å². The van der Waals surface area contributed by atoms with Crippen LogP contribution in [0.4, 0.5) is 19.0 Å². The van der Waals surface area contributed by atoms with Crippen LogP contribution >= 0.6 is 0 Å². The molecular formula is C18H23F3N4O3. The van der Waals surface area contributed by atoms with Crippen molar-refractivity contribution in [1.82, 2.24) is 14.7 Å². The zero-order valence-electron chi connectivity index (χ0n) is 15.6. The maximum atomic E-state index is 11.9. The predicted octanol–water partition coefficient (Wildman–Crippen LogP) is 2.65. The number of aliphatic carboxylic acids is 1. The lowest BCUT2D eigenvalue weighted by molar-refractivity contribution is -0.192. The molecule has 0 atom stereocenters. The van der Waals surface area contributed by atoms with Gasteiger partial charge in [-0.1, -0.05) is 30.3 Å². The van der Waals surface area contributed by atoms with Crippen LogP contribution in [0.1, 0.15) is 12.0 Å². The molecule has 0 saturated carbocycles. The molecule has 10 heteroatoms. The standard InChI is InChI=1S/C16H22N4O.C2HF3O2/c1-19(2)12-13-20-11-10-15(18-20)17-16(21)9-8-14-6-4-3-5-7-14;3-2(4,5)1(6)7/h3-7,10-11H,8-9,12-13H2,1-2H3,(H,17,18,21);(H,6,7). The molecule has 0 fully saturated rings. The van der Waals surface area contributed by atoms with Crippen molar-refractivity contribution in [2.45, 2.75) is 25.6 Å². The van der Waals surface area contributed by atoms with Gasteiger partial charge in [0.2, 0.25) is 5.91 Å². The number of nitrogens with zero attached hydrogens (tertiary/aromatic N) is 3. The number of carboxylic acid groups (broad SMARTS) is 1. The highest BCUT2D eigenvalue weighted by Gasteiger charge is 2.38. The third kappa shape index (κ3) is 9.72. The number of carboxylic acids is 1. The van der Waals surface area contributed by atoms with Gasteiger partial charge >= 0.3 is 12.1 Å². The minimum atomic E-state index is -5.08. The third-order valence-corrected chi connectivity index (χ3v) is 3.41. The van der Waals surface area contributed by atoms with Crippen molar-refractivity contribution >= 4 is 17.7 Å². The molecule has 0 aliphatic rings. The van der Waals surface area contributed by atoms with Crippen LogP contribution in [-0.4, -0.2) is 58.5 Å². The molecule has 2 rings (SSSR count). The summed E-state index contributed by atoms with van der Waals surface area (Å²) in [6.45, 7) is 1.73. The van der Waals surface area contributed by atoms with Gasteiger partial charge in [0.1, 0.15) is 0 Å². The topological polar surface area (TPSA) is 87.5 Å². The quantitative estimate of drug-likeness (QED) is 0.746. The van der Waals surface area contributed by atoms with E-state index in [1.54, 1.807) is 0 Å². The molecule has 1 amide bonds. The molecule has 0 spiro atoms. The van der Waals surface area contributed by atoms with Crippen molar-refractivity contribution in [3.8, 4) is 0 Å². The summed E-state index contributed by atoms with van der Waals surface area (Å²) in [5, 5.41) is 14.3. The molecule has 2 N–H and O–H groups in total. The van der Waals surface area contributed by atoms with Crippen LogP contribution in [0.2, 0.25) is 0 Å². The summed E-state index contributed by atoms with van der Waals surface area (Å²) in [5.41, 5.74) is 1.17. The summed E-state index contributed by atoms with van der Waals surface area (Å²) in [5.74, 6) is -2.14. The maximum absolute atomic E-state index is 11.9. The van der Waals surface area contributed by atoms with Gasteiger partial charge in [-0.15, -0.1) is 0 Å². The Morgan fingerprint density at radius 2 is 1.79 bits per heavy atom. The first-order chi connectivity index (χ1) is 13.1. The summed E-state index contributed by atoms with van der Waals surface area (Å²) in [7, 11) is 4.05.